The van der Waals surface area contributed by atoms with Crippen molar-refractivity contribution in [1.29, 1.82) is 0 Å². The molecule has 0 aromatic rings. The van der Waals surface area contributed by atoms with Gasteiger partial charge >= 0.3 is 0 Å². The van der Waals surface area contributed by atoms with E-state index in [-0.39, 0.29) is 16.9 Å². The van der Waals surface area contributed by atoms with E-state index >= 15 is 0 Å². The van der Waals surface area contributed by atoms with Gasteiger partial charge in [0.05, 0.1) is 30.5 Å². The lowest BCUT2D eigenvalue weighted by Gasteiger charge is -2.59. The van der Waals surface area contributed by atoms with Crippen LogP contribution in [0, 0.1) is 40.4 Å². The van der Waals surface area contributed by atoms with Crippen LogP contribution in [0.15, 0.2) is 11.6 Å². The molecule has 3 saturated carbocycles. The number of hydrogen-bond acceptors (Lipinski definition) is 5. The lowest BCUT2D eigenvalue weighted by molar-refractivity contribution is -0.293. The molecule has 3 N–H and O–H groups in total. The predicted molar refractivity (Wildman–Crippen MR) is 121 cm³/mol. The van der Waals surface area contributed by atoms with Gasteiger partial charge in [0.1, 0.15) is 0 Å². The highest BCUT2D eigenvalue weighted by atomic mass is 16.7. The number of allylic oxidation sites excluding steroid dienone is 1. The Balaban J connectivity index is 1.28. The molecule has 6 rings (SSSR count). The number of hydrogen-bond donors (Lipinski definition) is 3. The van der Waals surface area contributed by atoms with Gasteiger partial charge in [-0.2, -0.15) is 0 Å². The molecular weight excluding hydrogens is 404 g/mol. The van der Waals surface area contributed by atoms with Gasteiger partial charge < -0.3 is 24.8 Å². The van der Waals surface area contributed by atoms with Crippen LogP contribution in [0.25, 0.3) is 0 Å². The molecule has 0 unspecified atom stereocenters. The number of fused-ring (bicyclic) bond motifs is 7. The molecule has 4 aliphatic carbocycles. The van der Waals surface area contributed by atoms with Gasteiger partial charge in [-0.15, -0.1) is 0 Å². The summed E-state index contributed by atoms with van der Waals surface area (Å²) >= 11 is 0. The summed E-state index contributed by atoms with van der Waals surface area (Å²) in [6.07, 6.45) is 9.01. The quantitative estimate of drug-likeness (QED) is 0.493. The van der Waals surface area contributed by atoms with Gasteiger partial charge in [-0.3, -0.25) is 0 Å². The SMILES string of the molecule is C[C@H]1[C@H]2[C@H](C[C@H]3[C@@H]4CC=C5C[C@H](O)C[C@@H](O)[C@]5(C)[C@H]4CC[C@]23C)O[C@@]12CC[C@](C)(O)CO2. The fraction of sp³-hybridized carbons (Fsp3) is 0.926. The summed E-state index contributed by atoms with van der Waals surface area (Å²) in [4.78, 5) is 0. The second kappa shape index (κ2) is 6.81. The molecule has 2 heterocycles. The molecule has 0 aromatic carbocycles. The highest BCUT2D eigenvalue weighted by Gasteiger charge is 2.69. The Hall–Kier alpha value is -0.460. The first-order valence-corrected chi connectivity index (χ1v) is 13.1. The molecule has 5 fully saturated rings. The first-order valence-electron chi connectivity index (χ1n) is 13.1. The second-order valence-electron chi connectivity index (χ2n) is 13.1. The average Bonchev–Trinajstić information content (AvgIpc) is 3.17. The molecule has 2 aliphatic heterocycles. The fourth-order valence-corrected chi connectivity index (χ4v) is 9.70. The van der Waals surface area contributed by atoms with E-state index in [1.165, 1.54) is 12.0 Å². The van der Waals surface area contributed by atoms with Crippen molar-refractivity contribution in [3.05, 3.63) is 11.6 Å². The van der Waals surface area contributed by atoms with Crippen LogP contribution in [0.1, 0.15) is 79.1 Å². The monoisotopic (exact) mass is 446 g/mol. The van der Waals surface area contributed by atoms with Crippen molar-refractivity contribution in [3.63, 3.8) is 0 Å². The Morgan fingerprint density at radius 2 is 1.81 bits per heavy atom. The summed E-state index contributed by atoms with van der Waals surface area (Å²) in [7, 11) is 0. The van der Waals surface area contributed by atoms with Crippen molar-refractivity contribution in [3.8, 4) is 0 Å². The molecule has 0 amide bonds. The molecule has 0 radical (unpaired) electrons. The predicted octanol–water partition coefficient (Wildman–Crippen LogP) is 3.80. The maximum Gasteiger partial charge on any atom is 0.171 e. The highest BCUT2D eigenvalue weighted by Crippen LogP contribution is 2.70. The smallest absolute Gasteiger partial charge is 0.171 e. The van der Waals surface area contributed by atoms with Crippen molar-refractivity contribution in [2.45, 2.75) is 109 Å². The summed E-state index contributed by atoms with van der Waals surface area (Å²) < 4.78 is 13.1. The average molecular weight is 447 g/mol. The van der Waals surface area contributed by atoms with Crippen molar-refractivity contribution >= 4 is 0 Å². The maximum atomic E-state index is 11.1. The van der Waals surface area contributed by atoms with E-state index in [0.29, 0.717) is 42.6 Å². The van der Waals surface area contributed by atoms with Gasteiger partial charge in [-0.1, -0.05) is 32.4 Å². The third kappa shape index (κ3) is 2.75. The van der Waals surface area contributed by atoms with E-state index < -0.39 is 23.6 Å². The lowest BCUT2D eigenvalue weighted by atomic mass is 9.46. The first kappa shape index (κ1) is 22.0. The lowest BCUT2D eigenvalue weighted by Crippen LogP contribution is -2.56. The summed E-state index contributed by atoms with van der Waals surface area (Å²) in [6.45, 7) is 9.34. The van der Waals surface area contributed by atoms with Gasteiger partial charge in [0.2, 0.25) is 0 Å². The number of rotatable bonds is 0. The van der Waals surface area contributed by atoms with Crippen LogP contribution in [0.5, 0.6) is 0 Å². The zero-order valence-corrected chi connectivity index (χ0v) is 20.2. The Morgan fingerprint density at radius 1 is 1.03 bits per heavy atom. The van der Waals surface area contributed by atoms with E-state index in [0.717, 1.165) is 38.5 Å². The molecular formula is C27H42O5. The number of aliphatic hydroxyl groups excluding tert-OH is 2. The van der Waals surface area contributed by atoms with Crippen LogP contribution in [0.2, 0.25) is 0 Å². The third-order valence-corrected chi connectivity index (χ3v) is 11.5. The molecule has 5 heteroatoms. The van der Waals surface area contributed by atoms with Crippen LogP contribution in [0.4, 0.5) is 0 Å². The molecule has 1 spiro atoms. The van der Waals surface area contributed by atoms with E-state index in [1.54, 1.807) is 0 Å². The summed E-state index contributed by atoms with van der Waals surface area (Å²) in [5, 5.41) is 31.8. The molecule has 5 nitrogen and oxygen atoms in total. The van der Waals surface area contributed by atoms with E-state index in [2.05, 4.69) is 26.8 Å². The Bertz CT molecular complexity index is 811. The Kier molecular flexibility index (Phi) is 4.69. The summed E-state index contributed by atoms with van der Waals surface area (Å²) in [6, 6.07) is 0. The molecule has 12 atom stereocenters. The highest BCUT2D eigenvalue weighted by molar-refractivity contribution is 5.28. The van der Waals surface area contributed by atoms with Crippen LogP contribution in [-0.4, -0.2) is 51.6 Å². The third-order valence-electron chi connectivity index (χ3n) is 11.5. The minimum absolute atomic E-state index is 0.188. The standard InChI is InChI=1S/C27H42O5/c1-15-23-21(32-27(15)10-9-24(2,30)14-31-27)13-20-18-6-5-16-11-17(28)12-22(29)26(16,4)19(18)7-8-25(20,23)3/h5,15,17-23,28-30H,6-14H2,1-4H3/t15-,17-,18+,19-,20-,21-,22+,23-,24-,25-,26-,27-/m0/s1. The molecule has 180 valence electrons. The van der Waals surface area contributed by atoms with Crippen LogP contribution < -0.4 is 0 Å². The zero-order valence-electron chi connectivity index (χ0n) is 20.2. The normalized spacial score (nSPS) is 61.5. The topological polar surface area (TPSA) is 79.2 Å². The van der Waals surface area contributed by atoms with Crippen LogP contribution in [0.3, 0.4) is 0 Å². The molecule has 6 aliphatic rings. The number of aliphatic hydroxyl groups is 3. The second-order valence-corrected chi connectivity index (χ2v) is 13.1. The fourth-order valence-electron chi connectivity index (χ4n) is 9.70. The van der Waals surface area contributed by atoms with Crippen LogP contribution in [-0.2, 0) is 9.47 Å². The zero-order chi connectivity index (χ0) is 22.7. The van der Waals surface area contributed by atoms with E-state index in [9.17, 15) is 15.3 Å². The Labute approximate surface area is 192 Å². The van der Waals surface area contributed by atoms with Gasteiger partial charge in [0.15, 0.2) is 5.79 Å². The van der Waals surface area contributed by atoms with E-state index in [1.807, 2.05) is 6.92 Å². The summed E-state index contributed by atoms with van der Waals surface area (Å²) in [5.41, 5.74) is 0.608. The maximum absolute atomic E-state index is 11.1. The van der Waals surface area contributed by atoms with Crippen molar-refractivity contribution < 1.29 is 24.8 Å². The van der Waals surface area contributed by atoms with Crippen LogP contribution >= 0.6 is 0 Å². The van der Waals surface area contributed by atoms with Gasteiger partial charge in [-0.05, 0) is 74.5 Å². The van der Waals surface area contributed by atoms with Crippen molar-refractivity contribution in [1.82, 2.24) is 0 Å². The summed E-state index contributed by atoms with van der Waals surface area (Å²) in [5.74, 6) is 1.98. The molecule has 32 heavy (non-hydrogen) atoms. The largest absolute Gasteiger partial charge is 0.393 e. The molecule has 0 bridgehead atoms. The van der Waals surface area contributed by atoms with E-state index in [4.69, 9.17) is 9.47 Å². The van der Waals surface area contributed by atoms with Gasteiger partial charge in [-0.25, -0.2) is 0 Å². The van der Waals surface area contributed by atoms with Crippen molar-refractivity contribution in [2.75, 3.05) is 6.61 Å². The Morgan fingerprint density at radius 3 is 2.53 bits per heavy atom. The van der Waals surface area contributed by atoms with Gasteiger partial charge in [0, 0.05) is 24.2 Å². The minimum atomic E-state index is -0.744. The molecule has 2 saturated heterocycles. The molecule has 0 aromatic heterocycles. The van der Waals surface area contributed by atoms with Crippen molar-refractivity contribution in [2.24, 2.45) is 40.4 Å². The minimum Gasteiger partial charge on any atom is -0.393 e. The first-order chi connectivity index (χ1) is 15.0. The van der Waals surface area contributed by atoms with Gasteiger partial charge in [0.25, 0.3) is 0 Å². The number of ether oxygens (including phenoxy) is 2.